The van der Waals surface area contributed by atoms with Crippen molar-refractivity contribution in [3.8, 4) is 0 Å². The van der Waals surface area contributed by atoms with Gasteiger partial charge in [0.25, 0.3) is 0 Å². The Bertz CT molecular complexity index is 675. The quantitative estimate of drug-likeness (QED) is 0.693. The van der Waals surface area contributed by atoms with Gasteiger partial charge in [-0.05, 0) is 73.5 Å². The van der Waals surface area contributed by atoms with Crippen LogP contribution in [0.25, 0.3) is 0 Å². The number of aliphatic hydroxyl groups excluding tert-OH is 1. The maximum Gasteiger partial charge on any atom is 0.175 e. The van der Waals surface area contributed by atoms with Gasteiger partial charge in [0.1, 0.15) is 0 Å². The number of carbonyl (C=O) groups is 1. The van der Waals surface area contributed by atoms with Gasteiger partial charge in [-0.3, -0.25) is 4.79 Å². The minimum absolute atomic E-state index is 0.109. The van der Waals surface area contributed by atoms with Crippen molar-refractivity contribution >= 4 is 5.78 Å². The van der Waals surface area contributed by atoms with Crippen molar-refractivity contribution < 1.29 is 14.6 Å². The Kier molecular flexibility index (Phi) is 3.10. The molecule has 128 valence electrons. The van der Waals surface area contributed by atoms with E-state index in [0.717, 1.165) is 25.7 Å². The van der Waals surface area contributed by atoms with E-state index in [1.807, 2.05) is 12.2 Å². The lowest BCUT2D eigenvalue weighted by Crippen LogP contribution is -2.51. The summed E-state index contributed by atoms with van der Waals surface area (Å²) in [5.41, 5.74) is 1.11. The van der Waals surface area contributed by atoms with E-state index in [1.54, 1.807) is 0 Å². The fraction of sp³-hybridized carbons (Fsp3) is 0.667. The molecule has 2 fully saturated rings. The third kappa shape index (κ3) is 1.83. The Morgan fingerprint density at radius 1 is 1.21 bits per heavy atom. The van der Waals surface area contributed by atoms with E-state index in [0.29, 0.717) is 29.5 Å². The van der Waals surface area contributed by atoms with Gasteiger partial charge in [0, 0.05) is 11.8 Å². The largest absolute Gasteiger partial charge is 0.365 e. The summed E-state index contributed by atoms with van der Waals surface area (Å²) in [5.74, 6) is 2.75. The van der Waals surface area contributed by atoms with Gasteiger partial charge in [-0.15, -0.1) is 0 Å². The number of hydrogen-bond acceptors (Lipinski definition) is 3. The summed E-state index contributed by atoms with van der Waals surface area (Å²) >= 11 is 0. The first-order valence-corrected chi connectivity index (χ1v) is 9.50. The zero-order valence-electron chi connectivity index (χ0n) is 14.3. The molecule has 0 aromatic rings. The first kappa shape index (κ1) is 15.1. The normalized spacial score (nSPS) is 52.2. The van der Waals surface area contributed by atoms with Gasteiger partial charge >= 0.3 is 0 Å². The fourth-order valence-corrected chi connectivity index (χ4v) is 6.69. The van der Waals surface area contributed by atoms with E-state index < -0.39 is 6.29 Å². The van der Waals surface area contributed by atoms with Crippen molar-refractivity contribution in [2.45, 2.75) is 57.3 Å². The Hall–Kier alpha value is -1.19. The van der Waals surface area contributed by atoms with Gasteiger partial charge in [-0.1, -0.05) is 25.2 Å². The summed E-state index contributed by atoms with van der Waals surface area (Å²) in [4.78, 5) is 11.8. The molecule has 0 saturated heterocycles. The second-order valence-electron chi connectivity index (χ2n) is 8.71. The van der Waals surface area contributed by atoms with Crippen LogP contribution in [0.3, 0.4) is 0 Å². The van der Waals surface area contributed by atoms with Crippen LogP contribution < -0.4 is 0 Å². The molecule has 24 heavy (non-hydrogen) atoms. The lowest BCUT2D eigenvalue weighted by atomic mass is 9.52. The fourth-order valence-electron chi connectivity index (χ4n) is 6.69. The number of hydrogen-bond donors (Lipinski definition) is 1. The van der Waals surface area contributed by atoms with Crippen LogP contribution in [0.5, 0.6) is 0 Å². The molecule has 0 bridgehead atoms. The monoisotopic (exact) mass is 326 g/mol. The topological polar surface area (TPSA) is 46.5 Å². The second-order valence-corrected chi connectivity index (χ2v) is 8.71. The van der Waals surface area contributed by atoms with Gasteiger partial charge in [-0.25, -0.2) is 0 Å². The molecular formula is C21H26O3. The number of aliphatic hydroxyl groups is 1. The highest BCUT2D eigenvalue weighted by atomic mass is 16.6. The van der Waals surface area contributed by atoms with Crippen LogP contribution in [0.2, 0.25) is 0 Å². The van der Waals surface area contributed by atoms with Crippen molar-refractivity contribution in [3.05, 3.63) is 36.0 Å². The van der Waals surface area contributed by atoms with E-state index >= 15 is 0 Å². The van der Waals surface area contributed by atoms with Crippen molar-refractivity contribution in [3.63, 3.8) is 0 Å². The molecule has 0 aromatic carbocycles. The molecule has 4 aliphatic carbocycles. The molecule has 1 spiro atoms. The standard InChI is InChI=1S/C21H26O3/c1-20-9-6-16-15-5-3-14(22)12-13(15)2-4-17(16)18(20)7-10-21(20)11-8-19(23)24-21/h2,4,8,11-12,15-19,23H,3,5-7,9-10H2,1H3/t15-,16?,17?,18?,19?,20-,21+/m0/s1. The number of ether oxygens (including phenoxy) is 1. The molecule has 2 saturated carbocycles. The molecule has 0 aromatic heterocycles. The molecule has 0 amide bonds. The van der Waals surface area contributed by atoms with Crippen molar-refractivity contribution in [1.82, 2.24) is 0 Å². The van der Waals surface area contributed by atoms with Crippen LogP contribution in [-0.2, 0) is 9.53 Å². The third-order valence-electron chi connectivity index (χ3n) is 7.91. The summed E-state index contributed by atoms with van der Waals surface area (Å²) in [5, 5.41) is 9.91. The molecule has 3 heteroatoms. The molecule has 1 aliphatic heterocycles. The van der Waals surface area contributed by atoms with Gasteiger partial charge < -0.3 is 9.84 Å². The maximum absolute atomic E-state index is 11.8. The summed E-state index contributed by atoms with van der Waals surface area (Å²) in [7, 11) is 0. The number of fused-ring (bicyclic) bond motifs is 6. The van der Waals surface area contributed by atoms with Crippen LogP contribution in [-0.4, -0.2) is 22.8 Å². The molecular weight excluding hydrogens is 300 g/mol. The summed E-state index contributed by atoms with van der Waals surface area (Å²) in [6.07, 6.45) is 16.0. The van der Waals surface area contributed by atoms with Crippen LogP contribution in [0, 0.1) is 29.1 Å². The highest BCUT2D eigenvalue weighted by molar-refractivity contribution is 5.91. The molecule has 4 unspecified atom stereocenters. The van der Waals surface area contributed by atoms with Crippen molar-refractivity contribution in [1.29, 1.82) is 0 Å². The first-order valence-electron chi connectivity index (χ1n) is 9.50. The maximum atomic E-state index is 11.8. The SMILES string of the molecule is C[C@]12CCC3C(C=CC4=CC(=O)CC[C@@H]43)C1CC[C@@]21C=CC(O)O1. The Morgan fingerprint density at radius 3 is 2.88 bits per heavy atom. The molecule has 1 heterocycles. The Morgan fingerprint density at radius 2 is 2.08 bits per heavy atom. The molecule has 1 N–H and O–H groups in total. The van der Waals surface area contributed by atoms with E-state index in [9.17, 15) is 9.90 Å². The number of carbonyl (C=O) groups excluding carboxylic acids is 1. The number of rotatable bonds is 0. The van der Waals surface area contributed by atoms with Gasteiger partial charge in [0.15, 0.2) is 12.1 Å². The highest BCUT2D eigenvalue weighted by Crippen LogP contribution is 2.65. The van der Waals surface area contributed by atoms with Crippen LogP contribution >= 0.6 is 0 Å². The highest BCUT2D eigenvalue weighted by Gasteiger charge is 2.63. The number of allylic oxidation sites excluding steroid dienone is 4. The lowest BCUT2D eigenvalue weighted by Gasteiger charge is -2.54. The predicted octanol–water partition coefficient (Wildman–Crippen LogP) is 3.55. The molecule has 5 rings (SSSR count). The third-order valence-corrected chi connectivity index (χ3v) is 7.91. The average molecular weight is 326 g/mol. The molecule has 0 radical (unpaired) electrons. The summed E-state index contributed by atoms with van der Waals surface area (Å²) in [6.45, 7) is 2.38. The summed E-state index contributed by atoms with van der Waals surface area (Å²) < 4.78 is 6.05. The van der Waals surface area contributed by atoms with Crippen LogP contribution in [0.1, 0.15) is 45.4 Å². The van der Waals surface area contributed by atoms with Gasteiger partial charge in [0.05, 0.1) is 5.60 Å². The number of ketones is 1. The predicted molar refractivity (Wildman–Crippen MR) is 91.0 cm³/mol. The van der Waals surface area contributed by atoms with Gasteiger partial charge in [-0.2, -0.15) is 0 Å². The molecule has 5 aliphatic rings. The van der Waals surface area contributed by atoms with E-state index in [-0.39, 0.29) is 11.0 Å². The van der Waals surface area contributed by atoms with Crippen molar-refractivity contribution in [2.75, 3.05) is 0 Å². The minimum atomic E-state index is -0.737. The smallest absolute Gasteiger partial charge is 0.175 e. The van der Waals surface area contributed by atoms with E-state index in [4.69, 9.17) is 4.74 Å². The van der Waals surface area contributed by atoms with E-state index in [2.05, 4.69) is 25.2 Å². The molecule has 7 atom stereocenters. The zero-order chi connectivity index (χ0) is 16.5. The zero-order valence-corrected chi connectivity index (χ0v) is 14.3. The Balaban J connectivity index is 1.50. The Labute approximate surface area is 143 Å². The van der Waals surface area contributed by atoms with Crippen molar-refractivity contribution in [2.24, 2.45) is 29.1 Å². The second kappa shape index (κ2) is 4.92. The molecule has 3 nitrogen and oxygen atoms in total. The van der Waals surface area contributed by atoms with E-state index in [1.165, 1.54) is 18.4 Å². The first-order chi connectivity index (χ1) is 11.5. The van der Waals surface area contributed by atoms with Crippen LogP contribution in [0.4, 0.5) is 0 Å². The average Bonchev–Trinajstić information content (AvgIpc) is 3.08. The lowest BCUT2D eigenvalue weighted by molar-refractivity contribution is -0.177. The minimum Gasteiger partial charge on any atom is -0.365 e. The summed E-state index contributed by atoms with van der Waals surface area (Å²) in [6, 6.07) is 0. The van der Waals surface area contributed by atoms with Crippen LogP contribution in [0.15, 0.2) is 36.0 Å². The van der Waals surface area contributed by atoms with Gasteiger partial charge in [0.2, 0.25) is 0 Å².